The quantitative estimate of drug-likeness (QED) is 0.786. The summed E-state index contributed by atoms with van der Waals surface area (Å²) in [4.78, 5) is 0. The standard InChI is InChI=1S/C13H17NO2/c1-3-8-14-10(2)13-9-15-11-6-4-5-7-12(11)16-13/h3-7,10,13-14H,1,8-9H2,2H3. The summed E-state index contributed by atoms with van der Waals surface area (Å²) >= 11 is 0. The Morgan fingerprint density at radius 3 is 3.00 bits per heavy atom. The maximum absolute atomic E-state index is 5.87. The molecule has 0 fully saturated rings. The van der Waals surface area contributed by atoms with Crippen molar-refractivity contribution in [2.45, 2.75) is 19.1 Å². The first-order valence-electron chi connectivity index (χ1n) is 5.54. The lowest BCUT2D eigenvalue weighted by Crippen LogP contribution is -2.46. The lowest BCUT2D eigenvalue weighted by molar-refractivity contribution is 0.0677. The Balaban J connectivity index is 1.99. The molecule has 1 aliphatic rings. The molecule has 0 bridgehead atoms. The van der Waals surface area contributed by atoms with Crippen molar-refractivity contribution in [3.8, 4) is 11.5 Å². The zero-order valence-corrected chi connectivity index (χ0v) is 9.48. The van der Waals surface area contributed by atoms with E-state index in [0.29, 0.717) is 6.61 Å². The van der Waals surface area contributed by atoms with Crippen LogP contribution in [0.1, 0.15) is 6.92 Å². The van der Waals surface area contributed by atoms with E-state index in [9.17, 15) is 0 Å². The van der Waals surface area contributed by atoms with Gasteiger partial charge in [0.25, 0.3) is 0 Å². The van der Waals surface area contributed by atoms with Crippen LogP contribution in [0.2, 0.25) is 0 Å². The van der Waals surface area contributed by atoms with Crippen LogP contribution in [0.5, 0.6) is 11.5 Å². The van der Waals surface area contributed by atoms with Gasteiger partial charge in [0, 0.05) is 12.6 Å². The summed E-state index contributed by atoms with van der Waals surface area (Å²) in [5.41, 5.74) is 0. The smallest absolute Gasteiger partial charge is 0.161 e. The van der Waals surface area contributed by atoms with E-state index >= 15 is 0 Å². The van der Waals surface area contributed by atoms with Crippen molar-refractivity contribution in [2.24, 2.45) is 0 Å². The molecule has 2 atom stereocenters. The number of ether oxygens (including phenoxy) is 2. The van der Waals surface area contributed by atoms with Crippen LogP contribution in [0.25, 0.3) is 0 Å². The summed E-state index contributed by atoms with van der Waals surface area (Å²) in [5, 5.41) is 3.31. The zero-order valence-electron chi connectivity index (χ0n) is 9.48. The highest BCUT2D eigenvalue weighted by Gasteiger charge is 2.25. The Labute approximate surface area is 96.1 Å². The first-order valence-corrected chi connectivity index (χ1v) is 5.54. The number of rotatable bonds is 4. The van der Waals surface area contributed by atoms with Gasteiger partial charge in [-0.15, -0.1) is 6.58 Å². The fraction of sp³-hybridized carbons (Fsp3) is 0.385. The Hall–Kier alpha value is -1.48. The molecular weight excluding hydrogens is 202 g/mol. The molecule has 1 aromatic carbocycles. The van der Waals surface area contributed by atoms with Gasteiger partial charge in [0.15, 0.2) is 11.5 Å². The second-order valence-electron chi connectivity index (χ2n) is 3.90. The second kappa shape index (κ2) is 5.03. The Morgan fingerprint density at radius 2 is 2.25 bits per heavy atom. The van der Waals surface area contributed by atoms with Crippen LogP contribution in [0, 0.1) is 0 Å². The van der Waals surface area contributed by atoms with E-state index in [2.05, 4.69) is 18.8 Å². The molecule has 1 heterocycles. The average Bonchev–Trinajstić information content (AvgIpc) is 2.35. The van der Waals surface area contributed by atoms with Gasteiger partial charge in [-0.05, 0) is 19.1 Å². The highest BCUT2D eigenvalue weighted by molar-refractivity contribution is 5.40. The highest BCUT2D eigenvalue weighted by Crippen LogP contribution is 2.31. The third kappa shape index (κ3) is 2.36. The van der Waals surface area contributed by atoms with E-state index in [4.69, 9.17) is 9.47 Å². The molecular formula is C13H17NO2. The third-order valence-electron chi connectivity index (χ3n) is 2.67. The van der Waals surface area contributed by atoms with Gasteiger partial charge in [0.1, 0.15) is 12.7 Å². The molecule has 2 unspecified atom stereocenters. The van der Waals surface area contributed by atoms with Crippen molar-refractivity contribution in [2.75, 3.05) is 13.2 Å². The highest BCUT2D eigenvalue weighted by atomic mass is 16.6. The molecule has 86 valence electrons. The molecule has 0 spiro atoms. The van der Waals surface area contributed by atoms with Crippen molar-refractivity contribution in [3.05, 3.63) is 36.9 Å². The molecule has 1 N–H and O–H groups in total. The number of benzene rings is 1. The SMILES string of the molecule is C=CCNC(C)C1COc2ccccc2O1. The van der Waals surface area contributed by atoms with Gasteiger partial charge in [0.2, 0.25) is 0 Å². The molecule has 3 nitrogen and oxygen atoms in total. The van der Waals surface area contributed by atoms with Crippen LogP contribution in [0.15, 0.2) is 36.9 Å². The van der Waals surface area contributed by atoms with Gasteiger partial charge >= 0.3 is 0 Å². The van der Waals surface area contributed by atoms with Gasteiger partial charge in [0.05, 0.1) is 0 Å². The fourth-order valence-corrected chi connectivity index (χ4v) is 1.68. The lowest BCUT2D eigenvalue weighted by atomic mass is 10.1. The number of hydrogen-bond donors (Lipinski definition) is 1. The molecule has 0 aliphatic carbocycles. The summed E-state index contributed by atoms with van der Waals surface area (Å²) in [6, 6.07) is 8.00. The second-order valence-corrected chi connectivity index (χ2v) is 3.90. The number of fused-ring (bicyclic) bond motifs is 1. The first kappa shape index (κ1) is 11.0. The minimum atomic E-state index is 0.0508. The van der Waals surface area contributed by atoms with Crippen LogP contribution >= 0.6 is 0 Å². The normalized spacial score (nSPS) is 20.2. The molecule has 0 amide bonds. The van der Waals surface area contributed by atoms with E-state index in [1.165, 1.54) is 0 Å². The minimum absolute atomic E-state index is 0.0508. The van der Waals surface area contributed by atoms with Crippen molar-refractivity contribution >= 4 is 0 Å². The number of para-hydroxylation sites is 2. The van der Waals surface area contributed by atoms with Crippen molar-refractivity contribution in [3.63, 3.8) is 0 Å². The van der Waals surface area contributed by atoms with Crippen LogP contribution in [-0.2, 0) is 0 Å². The van der Waals surface area contributed by atoms with Crippen LogP contribution in [-0.4, -0.2) is 25.3 Å². The summed E-state index contributed by atoms with van der Waals surface area (Å²) < 4.78 is 11.5. The van der Waals surface area contributed by atoms with Gasteiger partial charge < -0.3 is 14.8 Å². The first-order chi connectivity index (χ1) is 7.81. The molecule has 0 radical (unpaired) electrons. The predicted molar refractivity (Wildman–Crippen MR) is 64.0 cm³/mol. The largest absolute Gasteiger partial charge is 0.486 e. The summed E-state index contributed by atoms with van der Waals surface area (Å²) in [7, 11) is 0. The summed E-state index contributed by atoms with van der Waals surface area (Å²) in [6.07, 6.45) is 1.89. The van der Waals surface area contributed by atoms with Crippen molar-refractivity contribution < 1.29 is 9.47 Å². The molecule has 1 aromatic rings. The monoisotopic (exact) mass is 219 g/mol. The van der Waals surface area contributed by atoms with Crippen LogP contribution in [0.4, 0.5) is 0 Å². The zero-order chi connectivity index (χ0) is 11.4. The summed E-state index contributed by atoms with van der Waals surface area (Å²) in [5.74, 6) is 1.65. The Bertz CT molecular complexity index is 365. The number of nitrogens with one attached hydrogen (secondary N) is 1. The minimum Gasteiger partial charge on any atom is -0.486 e. The molecule has 3 heteroatoms. The molecule has 0 aromatic heterocycles. The topological polar surface area (TPSA) is 30.5 Å². The molecule has 0 saturated heterocycles. The maximum Gasteiger partial charge on any atom is 0.161 e. The van der Waals surface area contributed by atoms with Crippen molar-refractivity contribution in [1.29, 1.82) is 0 Å². The Morgan fingerprint density at radius 1 is 1.50 bits per heavy atom. The summed E-state index contributed by atoms with van der Waals surface area (Å²) in [6.45, 7) is 7.13. The van der Waals surface area contributed by atoms with Gasteiger partial charge in [-0.2, -0.15) is 0 Å². The molecule has 2 rings (SSSR count). The third-order valence-corrected chi connectivity index (χ3v) is 2.67. The van der Waals surface area contributed by atoms with E-state index in [-0.39, 0.29) is 12.1 Å². The van der Waals surface area contributed by atoms with E-state index in [0.717, 1.165) is 18.0 Å². The van der Waals surface area contributed by atoms with Crippen molar-refractivity contribution in [1.82, 2.24) is 5.32 Å². The predicted octanol–water partition coefficient (Wildman–Crippen LogP) is 1.99. The van der Waals surface area contributed by atoms with E-state index in [1.807, 2.05) is 30.3 Å². The maximum atomic E-state index is 5.87. The lowest BCUT2D eigenvalue weighted by Gasteiger charge is -2.30. The van der Waals surface area contributed by atoms with E-state index in [1.54, 1.807) is 0 Å². The van der Waals surface area contributed by atoms with Crippen LogP contribution in [0.3, 0.4) is 0 Å². The molecule has 0 saturated carbocycles. The van der Waals surface area contributed by atoms with E-state index < -0.39 is 0 Å². The van der Waals surface area contributed by atoms with Gasteiger partial charge in [-0.25, -0.2) is 0 Å². The fourth-order valence-electron chi connectivity index (χ4n) is 1.68. The van der Waals surface area contributed by atoms with Gasteiger partial charge in [-0.1, -0.05) is 18.2 Å². The van der Waals surface area contributed by atoms with Gasteiger partial charge in [-0.3, -0.25) is 0 Å². The average molecular weight is 219 g/mol. The number of hydrogen-bond acceptors (Lipinski definition) is 3. The Kier molecular flexibility index (Phi) is 3.47. The molecule has 1 aliphatic heterocycles. The van der Waals surface area contributed by atoms with Crippen LogP contribution < -0.4 is 14.8 Å². The molecule has 16 heavy (non-hydrogen) atoms.